The van der Waals surface area contributed by atoms with Gasteiger partial charge in [0.1, 0.15) is 5.76 Å². The van der Waals surface area contributed by atoms with E-state index in [1.165, 1.54) is 12.1 Å². The summed E-state index contributed by atoms with van der Waals surface area (Å²) in [7, 11) is -3.81. The molecule has 1 aromatic heterocycles. The van der Waals surface area contributed by atoms with E-state index in [1.54, 1.807) is 36.6 Å². The number of hydrogen-bond donors (Lipinski definition) is 2. The first kappa shape index (κ1) is 25.8. The van der Waals surface area contributed by atoms with Gasteiger partial charge in [-0.2, -0.15) is 0 Å². The van der Waals surface area contributed by atoms with Crippen LogP contribution in [0.25, 0.3) is 0 Å². The summed E-state index contributed by atoms with van der Waals surface area (Å²) in [5.41, 5.74) is 1.46. The van der Waals surface area contributed by atoms with Crippen molar-refractivity contribution in [3.8, 4) is 0 Å². The van der Waals surface area contributed by atoms with Crippen molar-refractivity contribution in [2.45, 2.75) is 44.6 Å². The number of carbonyl (C=O) groups excluding carboxylic acids is 1. The van der Waals surface area contributed by atoms with Crippen LogP contribution < -0.4 is 14.9 Å². The second-order valence-corrected chi connectivity index (χ2v) is 10.5. The number of carbonyl (C=O) groups is 1. The van der Waals surface area contributed by atoms with E-state index in [1.807, 2.05) is 19.1 Å². The van der Waals surface area contributed by atoms with Gasteiger partial charge in [0.15, 0.2) is 0 Å². The highest BCUT2D eigenvalue weighted by atomic mass is 79.9. The van der Waals surface area contributed by atoms with E-state index in [2.05, 4.69) is 37.8 Å². The van der Waals surface area contributed by atoms with Crippen molar-refractivity contribution in [1.29, 1.82) is 0 Å². The maximum atomic E-state index is 13.1. The van der Waals surface area contributed by atoms with Crippen LogP contribution in [0.5, 0.6) is 0 Å². The first-order valence-electron chi connectivity index (χ1n) is 11.3. The normalized spacial score (nSPS) is 11.3. The number of halogens is 1. The minimum Gasteiger partial charge on any atom is -0.467 e. The molecule has 7 nitrogen and oxygen atoms in total. The Morgan fingerprint density at radius 2 is 1.82 bits per heavy atom. The maximum Gasteiger partial charge on any atom is 0.261 e. The van der Waals surface area contributed by atoms with Crippen LogP contribution in [-0.4, -0.2) is 27.4 Å². The van der Waals surface area contributed by atoms with E-state index >= 15 is 0 Å². The molecule has 1 heterocycles. The van der Waals surface area contributed by atoms with Gasteiger partial charge >= 0.3 is 0 Å². The van der Waals surface area contributed by atoms with Crippen molar-refractivity contribution in [3.63, 3.8) is 0 Å². The highest BCUT2D eigenvalue weighted by molar-refractivity contribution is 9.10. The minimum absolute atomic E-state index is 0.138. The monoisotopic (exact) mass is 547 g/mol. The van der Waals surface area contributed by atoms with Crippen molar-refractivity contribution >= 4 is 43.2 Å². The van der Waals surface area contributed by atoms with Crippen LogP contribution in [0.2, 0.25) is 0 Å². The lowest BCUT2D eigenvalue weighted by molar-refractivity contribution is 0.0954. The molecule has 9 heteroatoms. The lowest BCUT2D eigenvalue weighted by atomic mass is 10.1. The quantitative estimate of drug-likeness (QED) is 0.299. The third-order valence-electron chi connectivity index (χ3n) is 5.20. The van der Waals surface area contributed by atoms with Gasteiger partial charge in [-0.1, -0.05) is 36.2 Å². The molecule has 0 aliphatic rings. The highest BCUT2D eigenvalue weighted by Gasteiger charge is 2.21. The van der Waals surface area contributed by atoms with Crippen molar-refractivity contribution in [2.24, 2.45) is 0 Å². The van der Waals surface area contributed by atoms with Crippen LogP contribution in [0.4, 0.5) is 11.4 Å². The Labute approximate surface area is 209 Å². The molecule has 0 unspecified atom stereocenters. The molecule has 3 rings (SSSR count). The number of anilines is 2. The number of benzene rings is 2. The summed E-state index contributed by atoms with van der Waals surface area (Å²) in [5.74, 6) is 0.540. The molecule has 0 spiro atoms. The molecule has 2 aromatic carbocycles. The molecule has 182 valence electrons. The second-order valence-electron chi connectivity index (χ2n) is 7.90. The van der Waals surface area contributed by atoms with Crippen LogP contribution in [0.15, 0.2) is 74.6 Å². The Hall–Kier alpha value is -2.78. The summed E-state index contributed by atoms with van der Waals surface area (Å²) < 4.78 is 34.7. The predicted octanol–water partition coefficient (Wildman–Crippen LogP) is 5.79. The predicted molar refractivity (Wildman–Crippen MR) is 139 cm³/mol. The SMILES string of the molecule is CCCCN(Cc1ccco1)c1ccc(NS(=O)(=O)c2ccc(Br)cc2)cc1C(=O)NCCC. The summed E-state index contributed by atoms with van der Waals surface area (Å²) in [6.07, 6.45) is 4.36. The van der Waals surface area contributed by atoms with Gasteiger partial charge in [-0.15, -0.1) is 0 Å². The fourth-order valence-electron chi connectivity index (χ4n) is 3.44. The molecular formula is C25H30BrN3O4S. The van der Waals surface area contributed by atoms with E-state index in [9.17, 15) is 13.2 Å². The summed E-state index contributed by atoms with van der Waals surface area (Å²) >= 11 is 3.31. The molecule has 0 fully saturated rings. The first-order valence-corrected chi connectivity index (χ1v) is 13.6. The van der Waals surface area contributed by atoms with Crippen molar-refractivity contribution in [3.05, 3.63) is 76.7 Å². The Bertz CT molecular complexity index is 1180. The largest absolute Gasteiger partial charge is 0.467 e. The molecule has 1 amide bonds. The van der Waals surface area contributed by atoms with Crippen LogP contribution in [0.3, 0.4) is 0 Å². The summed E-state index contributed by atoms with van der Waals surface area (Å²) in [6, 6.07) is 15.2. The standard InChI is InChI=1S/C25H30BrN3O4S/c1-3-5-15-29(18-21-7-6-16-33-21)24-13-10-20(17-23(24)25(30)27-14-4-2)28-34(31,32)22-11-8-19(26)9-12-22/h6-13,16-17,28H,3-5,14-15,18H2,1-2H3,(H,27,30). The number of sulfonamides is 1. The molecule has 0 bridgehead atoms. The van der Waals surface area contributed by atoms with E-state index in [-0.39, 0.29) is 10.8 Å². The van der Waals surface area contributed by atoms with E-state index in [0.717, 1.165) is 41.7 Å². The molecule has 0 aliphatic carbocycles. The van der Waals surface area contributed by atoms with Gasteiger partial charge in [-0.25, -0.2) is 8.42 Å². The van der Waals surface area contributed by atoms with Gasteiger partial charge in [0.05, 0.1) is 29.0 Å². The van der Waals surface area contributed by atoms with Gasteiger partial charge in [-0.05, 0) is 67.4 Å². The average Bonchev–Trinajstić information content (AvgIpc) is 3.33. The Balaban J connectivity index is 1.97. The maximum absolute atomic E-state index is 13.1. The number of furan rings is 1. The Kier molecular flexibility index (Phi) is 9.18. The van der Waals surface area contributed by atoms with Gasteiger partial charge in [0.25, 0.3) is 15.9 Å². The Morgan fingerprint density at radius 3 is 2.47 bits per heavy atom. The smallest absolute Gasteiger partial charge is 0.261 e. The summed E-state index contributed by atoms with van der Waals surface area (Å²) in [4.78, 5) is 15.3. The van der Waals surface area contributed by atoms with Crippen molar-refractivity contribution < 1.29 is 17.6 Å². The fourth-order valence-corrected chi connectivity index (χ4v) is 4.76. The zero-order valence-corrected chi connectivity index (χ0v) is 21.8. The fraction of sp³-hybridized carbons (Fsp3) is 0.320. The van der Waals surface area contributed by atoms with Crippen molar-refractivity contribution in [1.82, 2.24) is 5.32 Å². The summed E-state index contributed by atoms with van der Waals surface area (Å²) in [6.45, 7) is 5.86. The molecule has 3 aromatic rings. The molecular weight excluding hydrogens is 518 g/mol. The number of hydrogen-bond acceptors (Lipinski definition) is 5. The lowest BCUT2D eigenvalue weighted by Crippen LogP contribution is -2.30. The number of unbranched alkanes of at least 4 members (excludes halogenated alkanes) is 1. The topological polar surface area (TPSA) is 91.7 Å². The number of rotatable bonds is 12. The number of amides is 1. The lowest BCUT2D eigenvalue weighted by Gasteiger charge is -2.26. The number of nitrogens with zero attached hydrogens (tertiary/aromatic N) is 1. The molecule has 34 heavy (non-hydrogen) atoms. The van der Waals surface area contributed by atoms with Crippen LogP contribution >= 0.6 is 15.9 Å². The molecule has 0 saturated carbocycles. The summed E-state index contributed by atoms with van der Waals surface area (Å²) in [5, 5.41) is 2.92. The Morgan fingerprint density at radius 1 is 1.06 bits per heavy atom. The minimum atomic E-state index is -3.81. The molecule has 0 aliphatic heterocycles. The van der Waals surface area contributed by atoms with E-state index in [0.29, 0.717) is 24.3 Å². The van der Waals surface area contributed by atoms with Gasteiger partial charge in [0.2, 0.25) is 0 Å². The number of nitrogens with one attached hydrogen (secondary N) is 2. The van der Waals surface area contributed by atoms with E-state index in [4.69, 9.17) is 4.42 Å². The zero-order valence-electron chi connectivity index (χ0n) is 19.4. The van der Waals surface area contributed by atoms with Crippen molar-refractivity contribution in [2.75, 3.05) is 22.7 Å². The van der Waals surface area contributed by atoms with E-state index < -0.39 is 10.0 Å². The highest BCUT2D eigenvalue weighted by Crippen LogP contribution is 2.28. The van der Waals surface area contributed by atoms with Gasteiger partial charge < -0.3 is 14.6 Å². The first-order chi connectivity index (χ1) is 16.3. The average molecular weight is 549 g/mol. The second kappa shape index (κ2) is 12.1. The van der Waals surface area contributed by atoms with Crippen LogP contribution in [-0.2, 0) is 16.6 Å². The van der Waals surface area contributed by atoms with Crippen LogP contribution in [0.1, 0.15) is 49.2 Å². The van der Waals surface area contributed by atoms with Gasteiger partial charge in [0, 0.05) is 23.2 Å². The van der Waals surface area contributed by atoms with Gasteiger partial charge in [-0.3, -0.25) is 9.52 Å². The molecule has 0 atom stereocenters. The third kappa shape index (κ3) is 6.87. The molecule has 0 radical (unpaired) electrons. The third-order valence-corrected chi connectivity index (χ3v) is 7.13. The molecule has 2 N–H and O–H groups in total. The van der Waals surface area contributed by atoms with Crippen LogP contribution in [0, 0.1) is 0 Å². The zero-order chi connectivity index (χ0) is 24.6. The molecule has 0 saturated heterocycles.